The molecule has 9 rings (SSSR count). The summed E-state index contributed by atoms with van der Waals surface area (Å²) in [5.74, 6) is 1.87. The molecule has 4 atom stereocenters. The van der Waals surface area contributed by atoms with E-state index in [1.165, 1.54) is 18.2 Å². The molecular weight excluding hydrogens is 600 g/mol. The Morgan fingerprint density at radius 1 is 1.13 bits per heavy atom. The summed E-state index contributed by atoms with van der Waals surface area (Å²) in [6.45, 7) is 6.52. The van der Waals surface area contributed by atoms with Gasteiger partial charge in [0.15, 0.2) is 5.82 Å². The number of rotatable bonds is 7. The van der Waals surface area contributed by atoms with Gasteiger partial charge in [0.25, 0.3) is 0 Å². The van der Waals surface area contributed by atoms with Crippen molar-refractivity contribution in [2.24, 2.45) is 5.41 Å². The van der Waals surface area contributed by atoms with E-state index in [2.05, 4.69) is 21.0 Å². The van der Waals surface area contributed by atoms with Gasteiger partial charge in [-0.2, -0.15) is 9.97 Å². The molecule has 0 amide bonds. The second-order valence-corrected chi connectivity index (χ2v) is 14.4. The van der Waals surface area contributed by atoms with Gasteiger partial charge < -0.3 is 24.8 Å². The lowest BCUT2D eigenvalue weighted by Gasteiger charge is -2.34. The smallest absolute Gasteiger partial charge is 0.319 e. The van der Waals surface area contributed by atoms with Crippen LogP contribution in [0, 0.1) is 36.3 Å². The summed E-state index contributed by atoms with van der Waals surface area (Å²) in [7, 11) is 0. The lowest BCUT2D eigenvalue weighted by Crippen LogP contribution is -2.51. The van der Waals surface area contributed by atoms with Crippen LogP contribution in [0.1, 0.15) is 43.2 Å². The third-order valence-electron chi connectivity index (χ3n) is 11.1. The summed E-state index contributed by atoms with van der Waals surface area (Å²) >= 11 is 0. The molecular formula is C37H37F2N5O3. The first-order chi connectivity index (χ1) is 22.8. The highest BCUT2D eigenvalue weighted by Crippen LogP contribution is 2.48. The Morgan fingerprint density at radius 2 is 1.94 bits per heavy atom. The van der Waals surface area contributed by atoms with Crippen molar-refractivity contribution in [2.75, 3.05) is 44.3 Å². The lowest BCUT2D eigenvalue weighted by atomic mass is 9.90. The minimum atomic E-state index is -0.583. The number of fused-ring (bicyclic) bond motifs is 6. The molecule has 0 spiro atoms. The standard InChI is InChI=1S/C37H37F2N5O3/c1-3-27-30(38)7-4-21-11-25(45)13-28(32(21)27)31-20(2)10-29-34(33(31)39)41-36(42-35(29)43-14-22-5-6-23(15-43)40-22)47-19-37(8-9-37)18-44-16-26-12-24(44)17-46-26/h1,4,7,10-11,13,22-24,26,40,45H,5-6,8-9,12,14-19H2,2H3/t22?,23?,24-,26-/m1/s1. The van der Waals surface area contributed by atoms with Crippen molar-refractivity contribution >= 4 is 27.5 Å². The van der Waals surface area contributed by atoms with Gasteiger partial charge in [0, 0.05) is 66.1 Å². The quantitative estimate of drug-likeness (QED) is 0.265. The maximum atomic E-state index is 17.1. The van der Waals surface area contributed by atoms with Crippen LogP contribution in [0.2, 0.25) is 0 Å². The number of likely N-dealkylation sites (tertiary alicyclic amines) is 1. The van der Waals surface area contributed by atoms with Crippen LogP contribution in [0.4, 0.5) is 14.6 Å². The largest absolute Gasteiger partial charge is 0.508 e. The van der Waals surface area contributed by atoms with Crippen molar-refractivity contribution in [3.05, 3.63) is 53.1 Å². The summed E-state index contributed by atoms with van der Waals surface area (Å²) in [5.41, 5.74) is 1.31. The summed E-state index contributed by atoms with van der Waals surface area (Å²) in [5, 5.41) is 15.8. The Balaban J connectivity index is 1.15. The van der Waals surface area contributed by atoms with E-state index in [0.29, 0.717) is 63.9 Å². The number of morpholine rings is 1. The number of hydrogen-bond donors (Lipinski definition) is 2. The van der Waals surface area contributed by atoms with E-state index in [-0.39, 0.29) is 33.8 Å². The van der Waals surface area contributed by atoms with E-state index in [9.17, 15) is 9.50 Å². The zero-order valence-electron chi connectivity index (χ0n) is 26.4. The molecule has 1 aliphatic carbocycles. The van der Waals surface area contributed by atoms with Gasteiger partial charge in [-0.05, 0) is 79.8 Å². The maximum Gasteiger partial charge on any atom is 0.319 e. The number of benzene rings is 3. The van der Waals surface area contributed by atoms with Crippen molar-refractivity contribution < 1.29 is 23.4 Å². The lowest BCUT2D eigenvalue weighted by molar-refractivity contribution is 0.0176. The number of phenols is 1. The van der Waals surface area contributed by atoms with Crippen molar-refractivity contribution in [3.63, 3.8) is 0 Å². The Morgan fingerprint density at radius 3 is 2.64 bits per heavy atom. The number of anilines is 1. The maximum absolute atomic E-state index is 17.1. The Labute approximate surface area is 272 Å². The van der Waals surface area contributed by atoms with Crippen molar-refractivity contribution in [3.8, 4) is 35.2 Å². The third-order valence-corrected chi connectivity index (χ3v) is 11.1. The summed E-state index contributed by atoms with van der Waals surface area (Å²) in [6, 6.07) is 8.99. The van der Waals surface area contributed by atoms with Gasteiger partial charge in [-0.15, -0.1) is 6.42 Å². The fraction of sp³-hybridized carbons (Fsp3) is 0.459. The topological polar surface area (TPSA) is 83.0 Å². The molecule has 2 N–H and O–H groups in total. The van der Waals surface area contributed by atoms with Gasteiger partial charge in [0.2, 0.25) is 0 Å². The number of aryl methyl sites for hydroxylation is 1. The number of phenolic OH excluding ortho intramolecular Hbond substituents is 1. The first-order valence-electron chi connectivity index (χ1n) is 16.7. The molecule has 47 heavy (non-hydrogen) atoms. The molecule has 8 nitrogen and oxygen atoms in total. The van der Waals surface area contributed by atoms with Crippen molar-refractivity contribution in [1.29, 1.82) is 0 Å². The molecule has 1 aromatic heterocycles. The van der Waals surface area contributed by atoms with Crippen LogP contribution in [-0.4, -0.2) is 83.6 Å². The summed E-state index contributed by atoms with van der Waals surface area (Å²) in [6.07, 6.45) is 11.5. The van der Waals surface area contributed by atoms with Crippen LogP contribution in [-0.2, 0) is 4.74 Å². The molecule has 0 radical (unpaired) electrons. The van der Waals surface area contributed by atoms with E-state index >= 15 is 4.39 Å². The molecule has 10 heteroatoms. The highest BCUT2D eigenvalue weighted by Gasteiger charge is 2.49. The Bertz CT molecular complexity index is 1980. The molecule has 4 bridgehead atoms. The fourth-order valence-electron chi connectivity index (χ4n) is 8.53. The van der Waals surface area contributed by atoms with Gasteiger partial charge in [-0.3, -0.25) is 4.90 Å². The number of piperazine rings is 1. The van der Waals surface area contributed by atoms with Gasteiger partial charge in [0.05, 0.1) is 24.9 Å². The molecule has 5 heterocycles. The Kier molecular flexibility index (Phi) is 6.66. The molecule has 3 aromatic carbocycles. The van der Waals surface area contributed by atoms with Crippen LogP contribution in [0.3, 0.4) is 0 Å². The molecule has 1 saturated carbocycles. The van der Waals surface area contributed by atoms with Crippen LogP contribution in [0.25, 0.3) is 32.8 Å². The average molecular weight is 638 g/mol. The van der Waals surface area contributed by atoms with E-state index in [1.807, 2.05) is 13.0 Å². The third kappa shape index (κ3) is 4.90. The predicted molar refractivity (Wildman–Crippen MR) is 176 cm³/mol. The van der Waals surface area contributed by atoms with Gasteiger partial charge >= 0.3 is 6.01 Å². The summed E-state index contributed by atoms with van der Waals surface area (Å²) in [4.78, 5) is 14.4. The second kappa shape index (κ2) is 10.7. The number of nitrogens with one attached hydrogen (secondary N) is 1. The average Bonchev–Trinajstić information content (AvgIpc) is 3.32. The number of nitrogens with zero attached hydrogens (tertiary/aromatic N) is 4. The minimum absolute atomic E-state index is 0.0209. The molecule has 242 valence electrons. The summed E-state index contributed by atoms with van der Waals surface area (Å²) < 4.78 is 44.3. The van der Waals surface area contributed by atoms with Crippen molar-refractivity contribution in [2.45, 2.75) is 63.3 Å². The minimum Gasteiger partial charge on any atom is -0.508 e. The molecule has 4 aromatic rings. The van der Waals surface area contributed by atoms with Gasteiger partial charge in [-0.25, -0.2) is 8.78 Å². The number of ether oxygens (including phenoxy) is 2. The zero-order valence-corrected chi connectivity index (χ0v) is 26.4. The zero-order chi connectivity index (χ0) is 32.0. The highest BCUT2D eigenvalue weighted by molar-refractivity contribution is 6.05. The van der Waals surface area contributed by atoms with Crippen LogP contribution in [0.15, 0.2) is 30.3 Å². The van der Waals surface area contributed by atoms with Gasteiger partial charge in [0.1, 0.15) is 22.9 Å². The molecule has 5 fully saturated rings. The SMILES string of the molecule is C#Cc1c(F)ccc2cc(O)cc(-c3c(C)cc4c(N5CC6CCC(C5)N6)nc(OCC5(CN6C[C@H]7C[C@@H]6CO7)CC5)nc4c3F)c12. The monoisotopic (exact) mass is 637 g/mol. The van der Waals surface area contributed by atoms with E-state index in [4.69, 9.17) is 25.9 Å². The van der Waals surface area contributed by atoms with E-state index in [1.54, 1.807) is 6.07 Å². The number of aromatic nitrogens is 2. The van der Waals surface area contributed by atoms with Crippen LogP contribution >= 0.6 is 0 Å². The second-order valence-electron chi connectivity index (χ2n) is 14.4. The molecule has 2 unspecified atom stereocenters. The normalized spacial score (nSPS) is 26.0. The Hall–Kier alpha value is -4.04. The van der Waals surface area contributed by atoms with Crippen molar-refractivity contribution in [1.82, 2.24) is 20.2 Å². The fourth-order valence-corrected chi connectivity index (χ4v) is 8.53. The molecule has 4 saturated heterocycles. The van der Waals surface area contributed by atoms with Crippen LogP contribution in [0.5, 0.6) is 11.8 Å². The van der Waals surface area contributed by atoms with Gasteiger partial charge in [-0.1, -0.05) is 12.0 Å². The van der Waals surface area contributed by atoms with E-state index < -0.39 is 11.6 Å². The first-order valence-corrected chi connectivity index (χ1v) is 16.7. The number of halogens is 2. The predicted octanol–water partition coefficient (Wildman–Crippen LogP) is 5.30. The molecule has 4 aliphatic heterocycles. The highest BCUT2D eigenvalue weighted by atomic mass is 19.1. The number of terminal acetylenes is 1. The van der Waals surface area contributed by atoms with Crippen LogP contribution < -0.4 is 15.0 Å². The number of aromatic hydroxyl groups is 1. The number of hydrogen-bond acceptors (Lipinski definition) is 8. The molecule has 5 aliphatic rings. The van der Waals surface area contributed by atoms with E-state index in [0.717, 1.165) is 64.9 Å². The first kappa shape index (κ1) is 29.1.